The summed E-state index contributed by atoms with van der Waals surface area (Å²) in [6.45, 7) is 1.71. The van der Waals surface area contributed by atoms with E-state index in [1.54, 1.807) is 6.92 Å². The Morgan fingerprint density at radius 3 is 2.27 bits per heavy atom. The van der Waals surface area contributed by atoms with Crippen molar-refractivity contribution in [3.8, 4) is 0 Å². The molecule has 1 fully saturated rings. The third kappa shape index (κ3) is 2.51. The molecule has 0 aliphatic heterocycles. The van der Waals surface area contributed by atoms with E-state index >= 15 is 0 Å². The van der Waals surface area contributed by atoms with Crippen molar-refractivity contribution in [2.75, 3.05) is 5.75 Å². The summed E-state index contributed by atoms with van der Waals surface area (Å²) in [5.74, 6) is 2.51. The van der Waals surface area contributed by atoms with E-state index in [2.05, 4.69) is 12.6 Å². The normalized spacial score (nSPS) is 31.8. The lowest BCUT2D eigenvalue weighted by Gasteiger charge is -2.25. The van der Waals surface area contributed by atoms with Crippen LogP contribution in [0.5, 0.6) is 0 Å². The molecule has 0 spiro atoms. The molecule has 0 aromatic rings. The van der Waals surface area contributed by atoms with Gasteiger partial charge in [0.25, 0.3) is 0 Å². The zero-order valence-electron chi connectivity index (χ0n) is 7.05. The van der Waals surface area contributed by atoms with Gasteiger partial charge in [0.2, 0.25) is 0 Å². The van der Waals surface area contributed by atoms with Crippen LogP contribution in [0.25, 0.3) is 0 Å². The van der Waals surface area contributed by atoms with Gasteiger partial charge in [-0.1, -0.05) is 0 Å². The number of ketones is 1. The molecule has 1 aliphatic carbocycles. The minimum absolute atomic E-state index is 0.367. The molecule has 2 heteroatoms. The average molecular weight is 172 g/mol. The van der Waals surface area contributed by atoms with Gasteiger partial charge in [0.05, 0.1) is 0 Å². The minimum Gasteiger partial charge on any atom is -0.300 e. The Morgan fingerprint density at radius 1 is 1.36 bits per heavy atom. The van der Waals surface area contributed by atoms with Gasteiger partial charge < -0.3 is 0 Å². The number of carbonyl (C=O) groups is 1. The van der Waals surface area contributed by atoms with Gasteiger partial charge in [0, 0.05) is 5.92 Å². The maximum Gasteiger partial charge on any atom is 0.132 e. The number of thiol groups is 1. The fourth-order valence-corrected chi connectivity index (χ4v) is 2.12. The van der Waals surface area contributed by atoms with E-state index in [1.807, 2.05) is 0 Å². The van der Waals surface area contributed by atoms with Crippen molar-refractivity contribution in [1.29, 1.82) is 0 Å². The SMILES string of the molecule is CC(=O)C1CCC(CS)CC1. The fraction of sp³-hybridized carbons (Fsp3) is 0.889. The first-order valence-corrected chi connectivity index (χ1v) is 4.98. The van der Waals surface area contributed by atoms with E-state index < -0.39 is 0 Å². The fourth-order valence-electron chi connectivity index (χ4n) is 1.75. The van der Waals surface area contributed by atoms with Gasteiger partial charge in [0.15, 0.2) is 0 Å². The molecule has 0 heterocycles. The highest BCUT2D eigenvalue weighted by molar-refractivity contribution is 7.80. The first-order chi connectivity index (χ1) is 5.24. The summed E-state index contributed by atoms with van der Waals surface area (Å²) >= 11 is 4.26. The van der Waals surface area contributed by atoms with Crippen molar-refractivity contribution in [2.45, 2.75) is 32.6 Å². The van der Waals surface area contributed by atoms with Crippen molar-refractivity contribution in [1.82, 2.24) is 0 Å². The number of Topliss-reactive ketones (excluding diaryl/α,β-unsaturated/α-hetero) is 1. The second kappa shape index (κ2) is 4.15. The third-order valence-electron chi connectivity index (χ3n) is 2.68. The highest BCUT2D eigenvalue weighted by Gasteiger charge is 2.22. The molecule has 11 heavy (non-hydrogen) atoms. The van der Waals surface area contributed by atoms with Crippen LogP contribution in [-0.4, -0.2) is 11.5 Å². The lowest BCUT2D eigenvalue weighted by molar-refractivity contribution is -0.121. The smallest absolute Gasteiger partial charge is 0.132 e. The molecular weight excluding hydrogens is 156 g/mol. The van der Waals surface area contributed by atoms with Gasteiger partial charge in [-0.05, 0) is 44.3 Å². The summed E-state index contributed by atoms with van der Waals surface area (Å²) in [4.78, 5) is 11.0. The van der Waals surface area contributed by atoms with Gasteiger partial charge in [-0.2, -0.15) is 12.6 Å². The molecule has 0 saturated heterocycles. The van der Waals surface area contributed by atoms with Crippen LogP contribution in [-0.2, 0) is 4.79 Å². The lowest BCUT2D eigenvalue weighted by Crippen LogP contribution is -2.20. The largest absolute Gasteiger partial charge is 0.300 e. The van der Waals surface area contributed by atoms with Crippen LogP contribution < -0.4 is 0 Å². The predicted molar refractivity (Wildman–Crippen MR) is 50.0 cm³/mol. The van der Waals surface area contributed by atoms with Gasteiger partial charge in [-0.3, -0.25) is 4.79 Å². The Bertz CT molecular complexity index is 136. The quantitative estimate of drug-likeness (QED) is 0.632. The number of carbonyl (C=O) groups excluding carboxylic acids is 1. The summed E-state index contributed by atoms with van der Waals surface area (Å²) in [5, 5.41) is 0. The van der Waals surface area contributed by atoms with Crippen LogP contribution in [0.1, 0.15) is 32.6 Å². The molecule has 0 atom stereocenters. The highest BCUT2D eigenvalue weighted by Crippen LogP contribution is 2.29. The van der Waals surface area contributed by atoms with Crippen molar-refractivity contribution in [2.24, 2.45) is 11.8 Å². The summed E-state index contributed by atoms with van der Waals surface area (Å²) < 4.78 is 0. The Hall–Kier alpha value is 0.0200. The van der Waals surface area contributed by atoms with Crippen molar-refractivity contribution >= 4 is 18.4 Å². The number of hydrogen-bond acceptors (Lipinski definition) is 2. The van der Waals surface area contributed by atoms with Gasteiger partial charge in [-0.15, -0.1) is 0 Å². The van der Waals surface area contributed by atoms with E-state index in [4.69, 9.17) is 0 Å². The molecule has 0 aromatic heterocycles. The first kappa shape index (κ1) is 9.11. The lowest BCUT2D eigenvalue weighted by atomic mass is 9.81. The number of rotatable bonds is 2. The third-order valence-corrected chi connectivity index (χ3v) is 3.20. The molecular formula is C9H16OS. The van der Waals surface area contributed by atoms with E-state index in [9.17, 15) is 4.79 Å². The molecule has 0 bridgehead atoms. The summed E-state index contributed by atoms with van der Waals surface area (Å²) in [6, 6.07) is 0. The standard InChI is InChI=1S/C9H16OS/c1-7(10)9-4-2-8(6-11)3-5-9/h8-9,11H,2-6H2,1H3. The average Bonchev–Trinajstić information content (AvgIpc) is 2.05. The Morgan fingerprint density at radius 2 is 1.91 bits per heavy atom. The topological polar surface area (TPSA) is 17.1 Å². The van der Waals surface area contributed by atoms with Crippen LogP contribution >= 0.6 is 12.6 Å². The maximum atomic E-state index is 11.0. The zero-order valence-corrected chi connectivity index (χ0v) is 7.94. The van der Waals surface area contributed by atoms with Gasteiger partial charge in [-0.25, -0.2) is 0 Å². The Kier molecular flexibility index (Phi) is 3.44. The second-order valence-corrected chi connectivity index (χ2v) is 3.88. The Labute approximate surface area is 74.0 Å². The molecule has 0 N–H and O–H groups in total. The van der Waals surface area contributed by atoms with E-state index in [0.717, 1.165) is 24.5 Å². The monoisotopic (exact) mass is 172 g/mol. The van der Waals surface area contributed by atoms with Crippen molar-refractivity contribution in [3.05, 3.63) is 0 Å². The molecule has 1 saturated carbocycles. The molecule has 64 valence electrons. The van der Waals surface area contributed by atoms with E-state index in [0.29, 0.717) is 11.7 Å². The molecule has 0 aromatic carbocycles. The second-order valence-electron chi connectivity index (χ2n) is 3.51. The maximum absolute atomic E-state index is 11.0. The van der Waals surface area contributed by atoms with E-state index in [1.165, 1.54) is 12.8 Å². The molecule has 0 radical (unpaired) electrons. The van der Waals surface area contributed by atoms with Crippen molar-refractivity contribution < 1.29 is 4.79 Å². The first-order valence-electron chi connectivity index (χ1n) is 4.35. The summed E-state index contributed by atoms with van der Waals surface area (Å²) in [6.07, 6.45) is 4.60. The van der Waals surface area contributed by atoms with Crippen LogP contribution in [0, 0.1) is 11.8 Å². The van der Waals surface area contributed by atoms with Gasteiger partial charge in [0.1, 0.15) is 5.78 Å². The molecule has 0 amide bonds. The highest BCUT2D eigenvalue weighted by atomic mass is 32.1. The van der Waals surface area contributed by atoms with Gasteiger partial charge >= 0.3 is 0 Å². The molecule has 1 aliphatic rings. The molecule has 0 unspecified atom stereocenters. The summed E-state index contributed by atoms with van der Waals surface area (Å²) in [7, 11) is 0. The zero-order chi connectivity index (χ0) is 8.27. The molecule has 1 nitrogen and oxygen atoms in total. The van der Waals surface area contributed by atoms with Crippen molar-refractivity contribution in [3.63, 3.8) is 0 Å². The summed E-state index contributed by atoms with van der Waals surface area (Å²) in [5.41, 5.74) is 0. The minimum atomic E-state index is 0.367. The number of hydrogen-bond donors (Lipinski definition) is 1. The van der Waals surface area contributed by atoms with Crippen LogP contribution in [0.2, 0.25) is 0 Å². The predicted octanol–water partition coefficient (Wildman–Crippen LogP) is 2.31. The molecule has 1 rings (SSSR count). The Balaban J connectivity index is 2.30. The van der Waals surface area contributed by atoms with Crippen LogP contribution in [0.3, 0.4) is 0 Å². The van der Waals surface area contributed by atoms with E-state index in [-0.39, 0.29) is 0 Å². The van der Waals surface area contributed by atoms with Crippen LogP contribution in [0.15, 0.2) is 0 Å². The van der Waals surface area contributed by atoms with Crippen LogP contribution in [0.4, 0.5) is 0 Å².